The molecule has 0 saturated carbocycles. The van der Waals surface area contributed by atoms with Gasteiger partial charge in [0.1, 0.15) is 18.0 Å². The number of hydrogen-bond acceptors (Lipinski definition) is 4. The Bertz CT molecular complexity index is 589. The first-order valence-corrected chi connectivity index (χ1v) is 6.48. The minimum absolute atomic E-state index is 0.0642. The van der Waals surface area contributed by atoms with Crippen molar-refractivity contribution in [1.82, 2.24) is 0 Å². The minimum Gasteiger partial charge on any atom is -0.471 e. The largest absolute Gasteiger partial charge is 0.471 e. The number of carbonyl (C=O) groups excluding carboxylic acids is 1. The summed E-state index contributed by atoms with van der Waals surface area (Å²) in [7, 11) is 0. The molecule has 3 rings (SSSR count). The van der Waals surface area contributed by atoms with E-state index in [0.717, 1.165) is 0 Å². The highest BCUT2D eigenvalue weighted by molar-refractivity contribution is 6.11. The third-order valence-electron chi connectivity index (χ3n) is 4.32. The first-order chi connectivity index (χ1) is 8.74. The lowest BCUT2D eigenvalue weighted by atomic mass is 9.81. The van der Waals surface area contributed by atoms with Gasteiger partial charge < -0.3 is 14.6 Å². The molecule has 4 heteroatoms. The molecular formula is C15H18O4. The van der Waals surface area contributed by atoms with Crippen LogP contribution in [0.3, 0.4) is 0 Å². The summed E-state index contributed by atoms with van der Waals surface area (Å²) in [5, 5.41) is 21.1. The summed E-state index contributed by atoms with van der Waals surface area (Å²) < 4.78 is 5.04. The van der Waals surface area contributed by atoms with Crippen LogP contribution < -0.4 is 0 Å². The topological polar surface area (TPSA) is 70.7 Å². The molecule has 0 radical (unpaired) electrons. The van der Waals surface area contributed by atoms with E-state index in [4.69, 9.17) is 4.42 Å². The fraction of sp³-hybridized carbons (Fsp3) is 0.533. The third-order valence-corrected chi connectivity index (χ3v) is 4.32. The van der Waals surface area contributed by atoms with Crippen LogP contribution in [0, 0.1) is 5.41 Å². The molecule has 1 heterocycles. The molecule has 0 fully saturated rings. The number of allylic oxidation sites excluding steroid dienone is 1. The van der Waals surface area contributed by atoms with E-state index in [1.54, 1.807) is 6.92 Å². The van der Waals surface area contributed by atoms with E-state index in [9.17, 15) is 15.0 Å². The van der Waals surface area contributed by atoms with Gasteiger partial charge in [-0.2, -0.15) is 0 Å². The molecular weight excluding hydrogens is 244 g/mol. The molecule has 2 N–H and O–H groups in total. The number of ketones is 1. The molecule has 102 valence electrons. The van der Waals surface area contributed by atoms with Gasteiger partial charge in [-0.3, -0.25) is 4.79 Å². The molecule has 0 spiro atoms. The maximum absolute atomic E-state index is 12.6. The van der Waals surface area contributed by atoms with E-state index in [2.05, 4.69) is 13.8 Å². The Morgan fingerprint density at radius 1 is 1.26 bits per heavy atom. The average molecular weight is 262 g/mol. The molecule has 0 aromatic carbocycles. The van der Waals surface area contributed by atoms with Crippen molar-refractivity contribution in [2.75, 3.05) is 0 Å². The summed E-state index contributed by atoms with van der Waals surface area (Å²) in [5.41, 5.74) is 0.567. The van der Waals surface area contributed by atoms with Crippen molar-refractivity contribution in [3.63, 3.8) is 0 Å². The Balaban J connectivity index is 2.23. The molecule has 2 atom stereocenters. The van der Waals surface area contributed by atoms with Gasteiger partial charge in [0, 0.05) is 11.1 Å². The van der Waals surface area contributed by atoms with Gasteiger partial charge in [0.15, 0.2) is 5.78 Å². The molecule has 2 aliphatic rings. The second kappa shape index (κ2) is 3.58. The molecule has 19 heavy (non-hydrogen) atoms. The normalized spacial score (nSPS) is 33.1. The molecule has 0 amide bonds. The summed E-state index contributed by atoms with van der Waals surface area (Å²) in [6.45, 7) is 5.70. The van der Waals surface area contributed by atoms with Crippen molar-refractivity contribution < 1.29 is 19.4 Å². The lowest BCUT2D eigenvalue weighted by molar-refractivity contribution is -0.0391. The third kappa shape index (κ3) is 1.63. The van der Waals surface area contributed by atoms with E-state index in [1.165, 1.54) is 12.5 Å². The number of aliphatic hydroxyl groups is 2. The Morgan fingerprint density at radius 2 is 1.95 bits per heavy atom. The van der Waals surface area contributed by atoms with Crippen LogP contribution >= 0.6 is 0 Å². The van der Waals surface area contributed by atoms with Crippen molar-refractivity contribution in [2.45, 2.75) is 45.3 Å². The van der Waals surface area contributed by atoms with Crippen LogP contribution in [0.2, 0.25) is 0 Å². The van der Waals surface area contributed by atoms with Gasteiger partial charge in [-0.1, -0.05) is 13.8 Å². The molecule has 0 bridgehead atoms. The van der Waals surface area contributed by atoms with Crippen molar-refractivity contribution in [1.29, 1.82) is 0 Å². The Labute approximate surface area is 111 Å². The van der Waals surface area contributed by atoms with Gasteiger partial charge in [0.2, 0.25) is 0 Å². The standard InChI is InChI=1S/C15H18O4/c1-14(2)4-8-11(5-14)15(3,18)13(17)10-7-19-6-9(10)12(8)16/h6-7,13,17-18H,4-5H2,1-3H3. The van der Waals surface area contributed by atoms with Gasteiger partial charge in [-0.15, -0.1) is 0 Å². The van der Waals surface area contributed by atoms with Gasteiger partial charge in [-0.05, 0) is 30.8 Å². The number of hydrogen-bond donors (Lipinski definition) is 2. The van der Waals surface area contributed by atoms with Crippen molar-refractivity contribution in [2.24, 2.45) is 5.41 Å². The molecule has 1 aromatic heterocycles. The quantitative estimate of drug-likeness (QED) is 0.753. The Morgan fingerprint density at radius 3 is 2.63 bits per heavy atom. The number of carbonyl (C=O) groups is 1. The second-order valence-corrected chi connectivity index (χ2v) is 6.59. The zero-order valence-electron chi connectivity index (χ0n) is 11.4. The summed E-state index contributed by atoms with van der Waals surface area (Å²) in [6, 6.07) is 0. The second-order valence-electron chi connectivity index (χ2n) is 6.59. The van der Waals surface area contributed by atoms with Gasteiger partial charge >= 0.3 is 0 Å². The van der Waals surface area contributed by atoms with Crippen LogP contribution in [-0.2, 0) is 0 Å². The van der Waals surface area contributed by atoms with Crippen LogP contribution in [0.4, 0.5) is 0 Å². The smallest absolute Gasteiger partial charge is 0.192 e. The van der Waals surface area contributed by atoms with Crippen LogP contribution in [0.1, 0.15) is 55.6 Å². The highest BCUT2D eigenvalue weighted by Gasteiger charge is 2.49. The number of furan rings is 1. The number of Topliss-reactive ketones (excluding diaryl/α,β-unsaturated/α-hetero) is 1. The number of rotatable bonds is 0. The van der Waals surface area contributed by atoms with Crippen LogP contribution in [-0.4, -0.2) is 21.6 Å². The molecule has 0 aliphatic heterocycles. The molecule has 4 nitrogen and oxygen atoms in total. The minimum atomic E-state index is -1.42. The van der Waals surface area contributed by atoms with Gasteiger partial charge in [0.05, 0.1) is 11.8 Å². The molecule has 0 saturated heterocycles. The first kappa shape index (κ1) is 12.6. The predicted molar refractivity (Wildman–Crippen MR) is 68.7 cm³/mol. The lowest BCUT2D eigenvalue weighted by Gasteiger charge is -2.31. The fourth-order valence-corrected chi connectivity index (χ4v) is 3.27. The van der Waals surface area contributed by atoms with E-state index in [0.29, 0.717) is 35.1 Å². The molecule has 2 aliphatic carbocycles. The molecule has 2 unspecified atom stereocenters. The summed E-state index contributed by atoms with van der Waals surface area (Å²) in [6.07, 6.45) is 2.82. The molecule has 1 aromatic rings. The fourth-order valence-electron chi connectivity index (χ4n) is 3.27. The van der Waals surface area contributed by atoms with Crippen LogP contribution in [0.5, 0.6) is 0 Å². The van der Waals surface area contributed by atoms with Gasteiger partial charge in [-0.25, -0.2) is 0 Å². The van der Waals surface area contributed by atoms with E-state index in [-0.39, 0.29) is 11.2 Å². The SMILES string of the molecule is CC1(C)CC2=C(C1)C(C)(O)C(O)c1cocc1C2=O. The number of fused-ring (bicyclic) bond motifs is 1. The summed E-state index contributed by atoms with van der Waals surface area (Å²) >= 11 is 0. The van der Waals surface area contributed by atoms with E-state index < -0.39 is 11.7 Å². The first-order valence-electron chi connectivity index (χ1n) is 6.48. The maximum Gasteiger partial charge on any atom is 0.192 e. The van der Waals surface area contributed by atoms with Crippen molar-refractivity contribution >= 4 is 5.78 Å². The zero-order chi connectivity index (χ0) is 14.0. The van der Waals surface area contributed by atoms with Gasteiger partial charge in [0.25, 0.3) is 0 Å². The van der Waals surface area contributed by atoms with Crippen molar-refractivity contribution in [3.05, 3.63) is 34.8 Å². The lowest BCUT2D eigenvalue weighted by Crippen LogP contribution is -2.35. The highest BCUT2D eigenvalue weighted by atomic mass is 16.3. The van der Waals surface area contributed by atoms with Crippen LogP contribution in [0.25, 0.3) is 0 Å². The Hall–Kier alpha value is -1.39. The maximum atomic E-state index is 12.6. The zero-order valence-corrected chi connectivity index (χ0v) is 11.4. The van der Waals surface area contributed by atoms with E-state index >= 15 is 0 Å². The monoisotopic (exact) mass is 262 g/mol. The summed E-state index contributed by atoms with van der Waals surface area (Å²) in [5.74, 6) is -0.124. The Kier molecular flexibility index (Phi) is 2.38. The average Bonchev–Trinajstić information content (AvgIpc) is 2.89. The van der Waals surface area contributed by atoms with Crippen LogP contribution in [0.15, 0.2) is 28.1 Å². The summed E-state index contributed by atoms with van der Waals surface area (Å²) in [4.78, 5) is 12.6. The van der Waals surface area contributed by atoms with Crippen molar-refractivity contribution in [3.8, 4) is 0 Å². The number of aliphatic hydroxyl groups excluding tert-OH is 1. The highest BCUT2D eigenvalue weighted by Crippen LogP contribution is 2.51. The van der Waals surface area contributed by atoms with E-state index in [1.807, 2.05) is 0 Å². The predicted octanol–water partition coefficient (Wildman–Crippen LogP) is 2.38.